The fourth-order valence-electron chi connectivity index (χ4n) is 7.62. The Morgan fingerprint density at radius 2 is 1.70 bits per heavy atom. The second-order valence-electron chi connectivity index (χ2n) is 13.4. The molecule has 3 atom stereocenters. The van der Waals surface area contributed by atoms with Crippen molar-refractivity contribution in [2.45, 2.75) is 76.5 Å². The second-order valence-corrected chi connectivity index (χ2v) is 13.4. The van der Waals surface area contributed by atoms with Crippen molar-refractivity contribution in [3.8, 4) is 0 Å². The number of H-pyrrole nitrogens is 1. The lowest BCUT2D eigenvalue weighted by molar-refractivity contribution is -0.142. The number of hydrogen-bond donors (Lipinski definition) is 2. The first-order chi connectivity index (χ1) is 22.9. The Labute approximate surface area is 275 Å². The van der Waals surface area contributed by atoms with Crippen molar-refractivity contribution in [2.75, 3.05) is 31.5 Å². The molecule has 0 spiro atoms. The average Bonchev–Trinajstić information content (AvgIpc) is 3.59. The number of aromatic amines is 1. The summed E-state index contributed by atoms with van der Waals surface area (Å²) in [6, 6.07) is 13.7. The van der Waals surface area contributed by atoms with Gasteiger partial charge in [0.15, 0.2) is 6.10 Å². The zero-order valence-electron chi connectivity index (χ0n) is 27.1. The molecule has 11 heteroatoms. The average molecular weight is 638 g/mol. The number of nitrogens with one attached hydrogen (secondary N) is 2. The minimum Gasteiger partial charge on any atom is -0.436 e. The number of nitrogens with zero attached hydrogens (tertiary/aromatic N) is 5. The van der Waals surface area contributed by atoms with Crippen LogP contribution in [0.4, 0.5) is 15.3 Å². The summed E-state index contributed by atoms with van der Waals surface area (Å²) in [6.07, 6.45) is 7.60. The first-order valence-electron chi connectivity index (χ1n) is 16.9. The van der Waals surface area contributed by atoms with Crippen LogP contribution in [0.5, 0.6) is 0 Å². The van der Waals surface area contributed by atoms with E-state index in [1.165, 1.54) is 0 Å². The lowest BCUT2D eigenvalue weighted by Crippen LogP contribution is -2.52. The van der Waals surface area contributed by atoms with Crippen molar-refractivity contribution in [3.05, 3.63) is 82.9 Å². The molecule has 5 heterocycles. The Bertz CT molecular complexity index is 1640. The maximum Gasteiger partial charge on any atom is 0.410 e. The van der Waals surface area contributed by atoms with Crippen molar-refractivity contribution in [1.29, 1.82) is 0 Å². The molecule has 246 valence electrons. The van der Waals surface area contributed by atoms with E-state index in [4.69, 9.17) is 4.74 Å². The van der Waals surface area contributed by atoms with Gasteiger partial charge in [0, 0.05) is 85.9 Å². The summed E-state index contributed by atoms with van der Waals surface area (Å²) in [6.45, 7) is 6.97. The van der Waals surface area contributed by atoms with Crippen LogP contribution in [-0.2, 0) is 16.1 Å². The lowest BCUT2D eigenvalue weighted by Gasteiger charge is -2.40. The van der Waals surface area contributed by atoms with E-state index in [-0.39, 0.29) is 29.8 Å². The highest BCUT2D eigenvalue weighted by Gasteiger charge is 2.38. The largest absolute Gasteiger partial charge is 0.436 e. The number of carbonyl (C=O) groups excluding carboxylic acids is 3. The fourth-order valence-corrected chi connectivity index (χ4v) is 7.62. The highest BCUT2D eigenvalue weighted by Crippen LogP contribution is 2.39. The van der Waals surface area contributed by atoms with E-state index < -0.39 is 12.2 Å². The third-order valence-corrected chi connectivity index (χ3v) is 10.7. The molecule has 3 unspecified atom stereocenters. The normalized spacial score (nSPS) is 22.6. The molecule has 0 saturated carbocycles. The molecule has 3 aliphatic heterocycles. The van der Waals surface area contributed by atoms with E-state index >= 15 is 0 Å². The van der Waals surface area contributed by atoms with Gasteiger partial charge >= 0.3 is 12.1 Å². The van der Waals surface area contributed by atoms with Crippen LogP contribution in [0.25, 0.3) is 6.08 Å². The topological polar surface area (TPSA) is 124 Å². The maximum atomic E-state index is 14.1. The van der Waals surface area contributed by atoms with Crippen molar-refractivity contribution in [2.24, 2.45) is 5.92 Å². The molecule has 1 aromatic carbocycles. The molecular formula is C36H43N7O4. The van der Waals surface area contributed by atoms with Gasteiger partial charge in [-0.15, -0.1) is 0 Å². The molecule has 3 aromatic rings. The van der Waals surface area contributed by atoms with Gasteiger partial charge in [-0.25, -0.2) is 9.59 Å². The molecule has 1 aliphatic carbocycles. The van der Waals surface area contributed by atoms with Crippen LogP contribution in [0.3, 0.4) is 0 Å². The highest BCUT2D eigenvalue weighted by molar-refractivity contribution is 5.92. The van der Waals surface area contributed by atoms with Gasteiger partial charge in [-0.05, 0) is 55.4 Å². The number of anilines is 1. The lowest BCUT2D eigenvalue weighted by atomic mass is 9.78. The smallest absolute Gasteiger partial charge is 0.410 e. The third-order valence-electron chi connectivity index (χ3n) is 10.7. The number of amides is 4. The van der Waals surface area contributed by atoms with Crippen LogP contribution in [0.1, 0.15) is 80.3 Å². The predicted molar refractivity (Wildman–Crippen MR) is 177 cm³/mol. The molecule has 4 amide bonds. The summed E-state index contributed by atoms with van der Waals surface area (Å²) in [5, 5.41) is 10.4. The Hall–Kier alpha value is -4.67. The van der Waals surface area contributed by atoms with Crippen molar-refractivity contribution < 1.29 is 19.1 Å². The summed E-state index contributed by atoms with van der Waals surface area (Å²) in [5.41, 5.74) is 6.19. The summed E-state index contributed by atoms with van der Waals surface area (Å²) in [4.78, 5) is 50.7. The number of carbonyl (C=O) groups is 3. The number of ether oxygens (including phenoxy) is 1. The number of urea groups is 1. The quantitative estimate of drug-likeness (QED) is 0.355. The van der Waals surface area contributed by atoms with Gasteiger partial charge in [-0.2, -0.15) is 5.10 Å². The zero-order chi connectivity index (χ0) is 32.5. The van der Waals surface area contributed by atoms with E-state index in [1.54, 1.807) is 4.90 Å². The van der Waals surface area contributed by atoms with Crippen LogP contribution in [0.2, 0.25) is 0 Å². The van der Waals surface area contributed by atoms with Crippen LogP contribution in [0.15, 0.2) is 60.4 Å². The Morgan fingerprint density at radius 3 is 2.47 bits per heavy atom. The van der Waals surface area contributed by atoms with Crippen LogP contribution < -0.4 is 5.32 Å². The van der Waals surface area contributed by atoms with Crippen LogP contribution in [0, 0.1) is 5.92 Å². The van der Waals surface area contributed by atoms with E-state index in [0.29, 0.717) is 57.9 Å². The first-order valence-corrected chi connectivity index (χ1v) is 16.9. The SMILES string of the molecule is CC1C(CC(OC(=O)N2CCC(N3Cc4ccccc4NC3=O)CC2)C(=O)N2CCC(c3ccccn3)CC2)=Cc2cn[nH]c2C1C. The van der Waals surface area contributed by atoms with Crippen LogP contribution >= 0.6 is 0 Å². The maximum absolute atomic E-state index is 14.1. The number of hydrogen-bond acceptors (Lipinski definition) is 6. The highest BCUT2D eigenvalue weighted by atomic mass is 16.6. The fraction of sp³-hybridized carbons (Fsp3) is 0.472. The van der Waals surface area contributed by atoms with Crippen molar-refractivity contribution in [1.82, 2.24) is 29.9 Å². The summed E-state index contributed by atoms with van der Waals surface area (Å²) < 4.78 is 6.15. The standard InChI is InChI=1S/C36H43N7O4/c1-23-24(2)33-28(21-38-40-33)19-27(23)20-32(34(44)41-15-10-25(11-16-41)30-8-5-6-14-37-30)47-36(46)42-17-12-29(13-18-42)43-22-26-7-3-4-9-31(26)39-35(43)45/h3-9,14,19,21,23-25,29,32H,10-13,15-18,20,22H2,1-2H3,(H,38,40)(H,39,45). The molecule has 7 rings (SSSR count). The second kappa shape index (κ2) is 13.2. The number of pyridine rings is 1. The summed E-state index contributed by atoms with van der Waals surface area (Å²) in [7, 11) is 0. The molecule has 2 fully saturated rings. The van der Waals surface area contributed by atoms with E-state index in [2.05, 4.69) is 46.5 Å². The number of para-hydroxylation sites is 1. The summed E-state index contributed by atoms with van der Waals surface area (Å²) >= 11 is 0. The molecule has 0 bridgehead atoms. The zero-order valence-corrected chi connectivity index (χ0v) is 27.1. The van der Waals surface area contributed by atoms with Gasteiger partial charge in [-0.3, -0.25) is 14.9 Å². The molecule has 4 aliphatic rings. The minimum atomic E-state index is -0.926. The molecule has 47 heavy (non-hydrogen) atoms. The molecule has 2 aromatic heterocycles. The number of benzene rings is 1. The minimum absolute atomic E-state index is 0.0177. The number of rotatable bonds is 6. The molecule has 2 N–H and O–H groups in total. The molecule has 11 nitrogen and oxygen atoms in total. The number of likely N-dealkylation sites (tertiary alicyclic amines) is 2. The van der Waals surface area contributed by atoms with Crippen molar-refractivity contribution in [3.63, 3.8) is 0 Å². The van der Waals surface area contributed by atoms with Gasteiger partial charge in [0.25, 0.3) is 5.91 Å². The Kier molecular flexibility index (Phi) is 8.70. The molecular weight excluding hydrogens is 594 g/mol. The predicted octanol–water partition coefficient (Wildman–Crippen LogP) is 5.75. The Balaban J connectivity index is 1.03. The van der Waals surface area contributed by atoms with Gasteiger partial charge < -0.3 is 24.8 Å². The van der Waals surface area contributed by atoms with E-state index in [9.17, 15) is 14.4 Å². The van der Waals surface area contributed by atoms with Gasteiger partial charge in [0.05, 0.1) is 6.20 Å². The molecule has 0 radical (unpaired) electrons. The van der Waals surface area contributed by atoms with E-state index in [0.717, 1.165) is 46.6 Å². The monoisotopic (exact) mass is 637 g/mol. The van der Waals surface area contributed by atoms with Gasteiger partial charge in [-0.1, -0.05) is 49.8 Å². The van der Waals surface area contributed by atoms with Gasteiger partial charge in [0.1, 0.15) is 0 Å². The number of fused-ring (bicyclic) bond motifs is 2. The third kappa shape index (κ3) is 6.35. The number of aromatic nitrogens is 3. The first kappa shape index (κ1) is 31.0. The van der Waals surface area contributed by atoms with E-state index in [1.807, 2.05) is 58.6 Å². The molecule has 2 saturated heterocycles. The Morgan fingerprint density at radius 1 is 0.957 bits per heavy atom. The van der Waals surface area contributed by atoms with Gasteiger partial charge in [0.2, 0.25) is 0 Å². The number of piperidine rings is 2. The summed E-state index contributed by atoms with van der Waals surface area (Å²) in [5.74, 6) is 0.518. The van der Waals surface area contributed by atoms with Crippen molar-refractivity contribution >= 4 is 29.8 Å². The van der Waals surface area contributed by atoms with Crippen LogP contribution in [-0.4, -0.2) is 86.2 Å².